The van der Waals surface area contributed by atoms with E-state index in [-0.39, 0.29) is 0 Å². The molecule has 8 nitrogen and oxygen atoms in total. The van der Waals surface area contributed by atoms with Gasteiger partial charge in [-0.15, -0.1) is 22.7 Å². The topological polar surface area (TPSA) is 87.2 Å². The van der Waals surface area contributed by atoms with Crippen LogP contribution in [-0.4, -0.2) is 39.0 Å². The highest BCUT2D eigenvalue weighted by molar-refractivity contribution is 7.26. The summed E-state index contributed by atoms with van der Waals surface area (Å²) in [7, 11) is 0. The zero-order chi connectivity index (χ0) is 53.8. The lowest BCUT2D eigenvalue weighted by Gasteiger charge is -2.11. The van der Waals surface area contributed by atoms with E-state index < -0.39 is 0 Å². The summed E-state index contributed by atoms with van der Waals surface area (Å²) in [6.07, 6.45) is 0. The highest BCUT2D eigenvalue weighted by atomic mass is 32.1. The second kappa shape index (κ2) is 18.5. The fraction of sp³-hybridized carbons (Fsp3) is 0. The average Bonchev–Trinajstić information content (AvgIpc) is 3.33. The largest absolute Gasteiger partial charge is 0.309 e. The number of rotatable bonds is 8. The molecule has 0 unspecified atom stereocenters. The van der Waals surface area contributed by atoms with Gasteiger partial charge in [-0.2, -0.15) is 9.97 Å². The van der Waals surface area contributed by atoms with Crippen LogP contribution in [0.1, 0.15) is 0 Å². The van der Waals surface area contributed by atoms with Crippen molar-refractivity contribution in [3.63, 3.8) is 0 Å². The van der Waals surface area contributed by atoms with Crippen molar-refractivity contribution in [1.29, 1.82) is 0 Å². The summed E-state index contributed by atoms with van der Waals surface area (Å²) in [4.78, 5) is 30.9. The molecule has 10 heteroatoms. The van der Waals surface area contributed by atoms with Crippen molar-refractivity contribution in [3.05, 3.63) is 255 Å². The molecule has 0 saturated heterocycles. The van der Waals surface area contributed by atoms with Crippen LogP contribution in [0.4, 0.5) is 0 Å². The maximum atomic E-state index is 5.24. The Hall–Kier alpha value is -10.5. The third-order valence-electron chi connectivity index (χ3n) is 15.8. The van der Waals surface area contributed by atoms with E-state index >= 15 is 0 Å². The van der Waals surface area contributed by atoms with Crippen molar-refractivity contribution in [1.82, 2.24) is 39.0 Å². The van der Waals surface area contributed by atoms with Gasteiger partial charge in [0.15, 0.2) is 29.1 Å². The van der Waals surface area contributed by atoms with Gasteiger partial charge in [0.05, 0.1) is 22.1 Å². The minimum absolute atomic E-state index is 0.574. The van der Waals surface area contributed by atoms with Crippen molar-refractivity contribution >= 4 is 107 Å². The Morgan fingerprint density at radius 1 is 0.220 bits per heavy atom. The Bertz CT molecular complexity index is 5340. The van der Waals surface area contributed by atoms with Crippen LogP contribution in [-0.2, 0) is 0 Å². The maximum Gasteiger partial charge on any atom is 0.238 e. The van der Waals surface area contributed by atoms with Crippen LogP contribution in [0.25, 0.3) is 164 Å². The first kappa shape index (κ1) is 46.4. The zero-order valence-corrected chi connectivity index (χ0v) is 45.3. The van der Waals surface area contributed by atoms with Gasteiger partial charge in [-0.3, -0.25) is 4.57 Å². The molecule has 6 heterocycles. The van der Waals surface area contributed by atoms with Gasteiger partial charge in [0.25, 0.3) is 0 Å². The lowest BCUT2D eigenvalue weighted by Crippen LogP contribution is -2.06. The van der Waals surface area contributed by atoms with E-state index in [9.17, 15) is 0 Å². The molecule has 382 valence electrons. The molecule has 0 saturated carbocycles. The third-order valence-corrected chi connectivity index (χ3v) is 18.1. The van der Waals surface area contributed by atoms with Gasteiger partial charge < -0.3 is 4.57 Å². The second-order valence-corrected chi connectivity index (χ2v) is 22.8. The molecule has 82 heavy (non-hydrogen) atoms. The van der Waals surface area contributed by atoms with E-state index in [2.05, 4.69) is 185 Å². The molecule has 0 spiro atoms. The number of benzene rings is 11. The Morgan fingerprint density at radius 2 is 0.622 bits per heavy atom. The first-order chi connectivity index (χ1) is 40.6. The van der Waals surface area contributed by atoms with Crippen LogP contribution < -0.4 is 0 Å². The number of fused-ring (bicyclic) bond motifs is 12. The monoisotopic (exact) mass is 1080 g/mol. The van der Waals surface area contributed by atoms with Gasteiger partial charge in [-0.1, -0.05) is 170 Å². The van der Waals surface area contributed by atoms with E-state index in [1.807, 2.05) is 90.2 Å². The number of thiophene rings is 2. The Morgan fingerprint density at radius 3 is 1.22 bits per heavy atom. The summed E-state index contributed by atoms with van der Waals surface area (Å²) < 4.78 is 9.56. The van der Waals surface area contributed by atoms with Gasteiger partial charge in [0, 0.05) is 95.4 Å². The van der Waals surface area contributed by atoms with Crippen LogP contribution in [0.15, 0.2) is 255 Å². The van der Waals surface area contributed by atoms with Gasteiger partial charge in [0.2, 0.25) is 5.95 Å². The van der Waals surface area contributed by atoms with E-state index in [0.29, 0.717) is 35.1 Å². The molecule has 0 aliphatic rings. The van der Waals surface area contributed by atoms with Gasteiger partial charge >= 0.3 is 0 Å². The van der Waals surface area contributed by atoms with Crippen LogP contribution in [0.2, 0.25) is 0 Å². The number of hydrogen-bond donors (Lipinski definition) is 0. The van der Waals surface area contributed by atoms with Gasteiger partial charge in [-0.05, 0) is 96.1 Å². The van der Waals surface area contributed by atoms with Crippen LogP contribution in [0, 0.1) is 0 Å². The van der Waals surface area contributed by atoms with Crippen LogP contribution >= 0.6 is 22.7 Å². The second-order valence-electron chi connectivity index (χ2n) is 20.7. The zero-order valence-electron chi connectivity index (χ0n) is 43.6. The minimum Gasteiger partial charge on any atom is -0.309 e. The molecule has 0 amide bonds. The summed E-state index contributed by atoms with van der Waals surface area (Å²) in [5.41, 5.74) is 12.3. The molecule has 0 N–H and O–H groups in total. The molecule has 0 bridgehead atoms. The summed E-state index contributed by atoms with van der Waals surface area (Å²) in [5.74, 6) is 3.65. The lowest BCUT2D eigenvalue weighted by atomic mass is 10.00. The quantitative estimate of drug-likeness (QED) is 0.151. The molecular formula is C72H42N8S2. The molecule has 17 rings (SSSR count). The van der Waals surface area contributed by atoms with Crippen LogP contribution in [0.3, 0.4) is 0 Å². The molecule has 17 aromatic rings. The fourth-order valence-electron chi connectivity index (χ4n) is 11.9. The van der Waals surface area contributed by atoms with E-state index in [4.69, 9.17) is 29.9 Å². The van der Waals surface area contributed by atoms with E-state index in [1.54, 1.807) is 11.3 Å². The minimum atomic E-state index is 0.574. The van der Waals surface area contributed by atoms with Crippen molar-refractivity contribution < 1.29 is 0 Å². The Labute approximate surface area is 477 Å². The fourth-order valence-corrected chi connectivity index (χ4v) is 14.2. The van der Waals surface area contributed by atoms with Crippen molar-refractivity contribution in [2.75, 3.05) is 0 Å². The molecule has 11 aromatic carbocycles. The van der Waals surface area contributed by atoms with Crippen LogP contribution in [0.5, 0.6) is 0 Å². The average molecular weight is 1080 g/mol. The highest BCUT2D eigenvalue weighted by Crippen LogP contribution is 2.44. The third kappa shape index (κ3) is 7.57. The van der Waals surface area contributed by atoms with Gasteiger partial charge in [-0.25, -0.2) is 19.9 Å². The number of hydrogen-bond acceptors (Lipinski definition) is 8. The summed E-state index contributed by atoms with van der Waals surface area (Å²) in [6, 6.07) is 89.9. The first-order valence-electron chi connectivity index (χ1n) is 27.2. The smallest absolute Gasteiger partial charge is 0.238 e. The molecular weight excluding hydrogens is 1040 g/mol. The lowest BCUT2D eigenvalue weighted by molar-refractivity contribution is 0.954. The predicted molar refractivity (Wildman–Crippen MR) is 340 cm³/mol. The normalized spacial score (nSPS) is 11.9. The Kier molecular flexibility index (Phi) is 10.5. The van der Waals surface area contributed by atoms with Crippen molar-refractivity contribution in [2.24, 2.45) is 0 Å². The molecule has 0 atom stereocenters. The SMILES string of the molecule is c1ccc(-c2nc(-c3ccc(-n4c5ccccc5c5cc6c(cc54)sc4ccccc46)cc3)nc(-c3cccc(-c4ccc5sc6cc7c(cc6c5c4)c4ccccc4n7-c4nc(-c5ccccc5)nc(-c5ccccc5)n4)c3)n2)cc1. The molecule has 0 radical (unpaired) electrons. The van der Waals surface area contributed by atoms with Crippen molar-refractivity contribution in [2.45, 2.75) is 0 Å². The molecule has 0 aliphatic heterocycles. The standard InChI is InChI=1S/C72H42N8S2/c1-4-17-43(18-5-1)67-73-68(46-31-34-50(35-32-46)79-59-28-13-10-25-51(59)54-39-57-53-27-12-15-30-63(53)81-65(57)41-61(54)79)75-71(74-67)49-24-16-23-47(37-49)48-33-36-64-56(38-48)58-40-55-52-26-11-14-29-60(52)80(62(55)42-66(58)82-64)72-77-69(44-19-6-2-7-20-44)76-70(78-72)45-21-8-3-9-22-45/h1-42H. The summed E-state index contributed by atoms with van der Waals surface area (Å²) >= 11 is 3.65. The van der Waals surface area contributed by atoms with Gasteiger partial charge in [0.1, 0.15) is 0 Å². The number of para-hydroxylation sites is 2. The molecule has 0 fully saturated rings. The predicted octanol–water partition coefficient (Wildman–Crippen LogP) is 19.0. The summed E-state index contributed by atoms with van der Waals surface area (Å²) in [6.45, 7) is 0. The molecule has 6 aromatic heterocycles. The van der Waals surface area contributed by atoms with E-state index in [1.165, 1.54) is 62.2 Å². The Balaban J connectivity index is 0.755. The number of aromatic nitrogens is 8. The van der Waals surface area contributed by atoms with E-state index in [0.717, 1.165) is 66.4 Å². The maximum absolute atomic E-state index is 5.24. The highest BCUT2D eigenvalue weighted by Gasteiger charge is 2.22. The first-order valence-corrected chi connectivity index (χ1v) is 28.9. The summed E-state index contributed by atoms with van der Waals surface area (Å²) in [5, 5.41) is 9.73. The van der Waals surface area contributed by atoms with Crippen molar-refractivity contribution in [3.8, 4) is 79.7 Å². The molecule has 0 aliphatic carbocycles. The number of nitrogens with zero attached hydrogens (tertiary/aromatic N) is 8.